The second-order valence-electron chi connectivity index (χ2n) is 4.28. The summed E-state index contributed by atoms with van der Waals surface area (Å²) in [4.78, 5) is 8.23. The van der Waals surface area contributed by atoms with Crippen molar-refractivity contribution in [2.24, 2.45) is 0 Å². The highest BCUT2D eigenvalue weighted by molar-refractivity contribution is 5.46. The van der Waals surface area contributed by atoms with Gasteiger partial charge in [0, 0.05) is 19.2 Å². The topological polar surface area (TPSA) is 70.1 Å². The molecule has 0 unspecified atom stereocenters. The van der Waals surface area contributed by atoms with Gasteiger partial charge < -0.3 is 15.7 Å². The third kappa shape index (κ3) is 4.22. The Morgan fingerprint density at radius 3 is 2.63 bits per heavy atom. The minimum Gasteiger partial charge on any atom is -0.395 e. The van der Waals surface area contributed by atoms with Crippen LogP contribution in [-0.4, -0.2) is 28.2 Å². The number of aliphatic hydroxyl groups excluding tert-OH is 1. The molecule has 2 rings (SSSR count). The predicted molar refractivity (Wildman–Crippen MR) is 76.1 cm³/mol. The van der Waals surface area contributed by atoms with Gasteiger partial charge in [0.2, 0.25) is 0 Å². The summed E-state index contributed by atoms with van der Waals surface area (Å²) in [7, 11) is 0. The molecule has 2 aromatic rings. The predicted octanol–water partition coefficient (Wildman–Crippen LogP) is 1.80. The van der Waals surface area contributed by atoms with Crippen LogP contribution in [0.5, 0.6) is 0 Å². The average molecular weight is 258 g/mol. The van der Waals surface area contributed by atoms with E-state index in [1.54, 1.807) is 0 Å². The molecule has 1 aromatic carbocycles. The zero-order valence-electron chi connectivity index (χ0n) is 10.9. The molecular weight excluding hydrogens is 240 g/mol. The van der Waals surface area contributed by atoms with E-state index in [4.69, 9.17) is 5.11 Å². The number of hydrogen-bond acceptors (Lipinski definition) is 5. The first-order chi connectivity index (χ1) is 9.28. The molecule has 1 heterocycles. The van der Waals surface area contributed by atoms with Gasteiger partial charge in [0.1, 0.15) is 18.0 Å². The molecule has 0 spiro atoms. The maximum Gasteiger partial charge on any atom is 0.131 e. The highest BCUT2D eigenvalue weighted by atomic mass is 16.3. The largest absolute Gasteiger partial charge is 0.395 e. The Balaban J connectivity index is 1.95. The lowest BCUT2D eigenvalue weighted by Gasteiger charge is -2.08. The Morgan fingerprint density at radius 2 is 1.89 bits per heavy atom. The molecule has 0 saturated carbocycles. The van der Waals surface area contributed by atoms with E-state index in [2.05, 4.69) is 45.7 Å². The quantitative estimate of drug-likeness (QED) is 0.737. The molecule has 0 bridgehead atoms. The fraction of sp³-hybridized carbons (Fsp3) is 0.286. The van der Waals surface area contributed by atoms with Crippen LogP contribution in [0.1, 0.15) is 11.1 Å². The van der Waals surface area contributed by atoms with Gasteiger partial charge >= 0.3 is 0 Å². The van der Waals surface area contributed by atoms with E-state index in [0.717, 1.165) is 12.4 Å². The molecule has 5 heteroatoms. The van der Waals surface area contributed by atoms with Crippen molar-refractivity contribution >= 4 is 11.6 Å². The Hall–Kier alpha value is -2.14. The van der Waals surface area contributed by atoms with Gasteiger partial charge in [-0.25, -0.2) is 9.97 Å². The number of hydrogen-bond donors (Lipinski definition) is 3. The van der Waals surface area contributed by atoms with Crippen molar-refractivity contribution in [3.05, 3.63) is 47.8 Å². The van der Waals surface area contributed by atoms with Crippen LogP contribution in [0.4, 0.5) is 11.6 Å². The first kappa shape index (κ1) is 13.3. The molecule has 5 nitrogen and oxygen atoms in total. The molecule has 100 valence electrons. The molecule has 0 aliphatic heterocycles. The molecule has 0 radical (unpaired) electrons. The first-order valence-electron chi connectivity index (χ1n) is 6.24. The second-order valence-corrected chi connectivity index (χ2v) is 4.28. The van der Waals surface area contributed by atoms with Crippen LogP contribution in [0.3, 0.4) is 0 Å². The molecule has 0 atom stereocenters. The minimum absolute atomic E-state index is 0.0794. The van der Waals surface area contributed by atoms with Crippen molar-refractivity contribution in [2.45, 2.75) is 13.5 Å². The number of nitrogens with zero attached hydrogens (tertiary/aromatic N) is 2. The number of aliphatic hydroxyl groups is 1. The van der Waals surface area contributed by atoms with Crippen LogP contribution in [0.25, 0.3) is 0 Å². The fourth-order valence-corrected chi connectivity index (χ4v) is 1.75. The van der Waals surface area contributed by atoms with Crippen molar-refractivity contribution < 1.29 is 5.11 Å². The van der Waals surface area contributed by atoms with E-state index in [9.17, 15) is 0 Å². The average Bonchev–Trinajstić information content (AvgIpc) is 2.43. The third-order valence-corrected chi connectivity index (χ3v) is 2.64. The molecule has 1 aromatic heterocycles. The summed E-state index contributed by atoms with van der Waals surface area (Å²) in [6.07, 6.45) is 1.50. The molecule has 0 aliphatic rings. The molecule has 0 aliphatic carbocycles. The van der Waals surface area contributed by atoms with Gasteiger partial charge in [0.15, 0.2) is 0 Å². The normalized spacial score (nSPS) is 10.2. The van der Waals surface area contributed by atoms with Crippen LogP contribution >= 0.6 is 0 Å². The Kier molecular flexibility index (Phi) is 4.69. The second kappa shape index (κ2) is 6.70. The third-order valence-electron chi connectivity index (χ3n) is 2.64. The maximum absolute atomic E-state index is 8.75. The minimum atomic E-state index is 0.0794. The maximum atomic E-state index is 8.75. The fourth-order valence-electron chi connectivity index (χ4n) is 1.75. The summed E-state index contributed by atoms with van der Waals surface area (Å²) in [5.74, 6) is 1.47. The van der Waals surface area contributed by atoms with E-state index >= 15 is 0 Å². The highest BCUT2D eigenvalue weighted by Gasteiger charge is 1.99. The van der Waals surface area contributed by atoms with Gasteiger partial charge in [-0.2, -0.15) is 0 Å². The van der Waals surface area contributed by atoms with Gasteiger partial charge in [-0.05, 0) is 12.5 Å². The SMILES string of the molecule is Cc1cccc(CNc2cc(NCCO)ncn2)c1. The van der Waals surface area contributed by atoms with Crippen molar-refractivity contribution in [1.29, 1.82) is 0 Å². The molecule has 19 heavy (non-hydrogen) atoms. The monoisotopic (exact) mass is 258 g/mol. The lowest BCUT2D eigenvalue weighted by atomic mass is 10.1. The standard InChI is InChI=1S/C14H18N4O/c1-11-3-2-4-12(7-11)9-16-14-8-13(15-5-6-19)17-10-18-14/h2-4,7-8,10,19H,5-6,9H2,1H3,(H2,15,16,17,18). The van der Waals surface area contributed by atoms with Crippen molar-refractivity contribution in [3.8, 4) is 0 Å². The zero-order valence-corrected chi connectivity index (χ0v) is 10.9. The smallest absolute Gasteiger partial charge is 0.131 e. The van der Waals surface area contributed by atoms with E-state index < -0.39 is 0 Å². The molecule has 0 saturated heterocycles. The number of aryl methyl sites for hydroxylation is 1. The molecule has 3 N–H and O–H groups in total. The highest BCUT2D eigenvalue weighted by Crippen LogP contribution is 2.11. The number of aromatic nitrogens is 2. The summed E-state index contributed by atoms with van der Waals surface area (Å²) in [5, 5.41) is 15.0. The van der Waals surface area contributed by atoms with E-state index in [1.807, 2.05) is 12.1 Å². The van der Waals surface area contributed by atoms with Gasteiger partial charge in [0.05, 0.1) is 6.61 Å². The van der Waals surface area contributed by atoms with Crippen LogP contribution in [0.15, 0.2) is 36.7 Å². The number of anilines is 2. The molecule has 0 fully saturated rings. The van der Waals surface area contributed by atoms with Gasteiger partial charge in [-0.3, -0.25) is 0 Å². The van der Waals surface area contributed by atoms with Gasteiger partial charge in [-0.1, -0.05) is 29.8 Å². The zero-order chi connectivity index (χ0) is 13.5. The van der Waals surface area contributed by atoms with Gasteiger partial charge in [-0.15, -0.1) is 0 Å². The lowest BCUT2D eigenvalue weighted by molar-refractivity contribution is 0.311. The summed E-state index contributed by atoms with van der Waals surface area (Å²) in [6, 6.07) is 10.2. The lowest BCUT2D eigenvalue weighted by Crippen LogP contribution is -2.08. The Bertz CT molecular complexity index is 530. The molecular formula is C14H18N4O. The summed E-state index contributed by atoms with van der Waals surface area (Å²) in [6.45, 7) is 3.35. The van der Waals surface area contributed by atoms with Gasteiger partial charge in [0.25, 0.3) is 0 Å². The number of rotatable bonds is 6. The number of nitrogens with one attached hydrogen (secondary N) is 2. The van der Waals surface area contributed by atoms with Crippen molar-refractivity contribution in [3.63, 3.8) is 0 Å². The van der Waals surface area contributed by atoms with Crippen molar-refractivity contribution in [1.82, 2.24) is 9.97 Å². The van der Waals surface area contributed by atoms with E-state index in [-0.39, 0.29) is 6.61 Å². The summed E-state index contributed by atoms with van der Waals surface area (Å²) >= 11 is 0. The number of benzene rings is 1. The van der Waals surface area contributed by atoms with E-state index in [1.165, 1.54) is 17.5 Å². The first-order valence-corrected chi connectivity index (χ1v) is 6.24. The summed E-state index contributed by atoms with van der Waals surface area (Å²) in [5.41, 5.74) is 2.45. The molecule has 0 amide bonds. The Labute approximate surface area is 112 Å². The van der Waals surface area contributed by atoms with Crippen LogP contribution in [0, 0.1) is 6.92 Å². The van der Waals surface area contributed by atoms with Crippen LogP contribution in [0.2, 0.25) is 0 Å². The van der Waals surface area contributed by atoms with E-state index in [0.29, 0.717) is 12.4 Å². The van der Waals surface area contributed by atoms with Crippen LogP contribution < -0.4 is 10.6 Å². The summed E-state index contributed by atoms with van der Waals surface area (Å²) < 4.78 is 0. The van der Waals surface area contributed by atoms with Crippen LogP contribution in [-0.2, 0) is 6.54 Å². The Morgan fingerprint density at radius 1 is 1.11 bits per heavy atom. The van der Waals surface area contributed by atoms with Crippen molar-refractivity contribution in [2.75, 3.05) is 23.8 Å².